The Morgan fingerprint density at radius 3 is 2.85 bits per heavy atom. The number of benzene rings is 1. The molecule has 1 N–H and O–H groups in total. The van der Waals surface area contributed by atoms with Crippen molar-refractivity contribution in [3.05, 3.63) is 35.5 Å². The van der Waals surface area contributed by atoms with Crippen LogP contribution in [-0.2, 0) is 6.54 Å². The lowest BCUT2D eigenvalue weighted by Gasteiger charge is -2.24. The number of nitrogens with one attached hydrogen (secondary N) is 1. The van der Waals surface area contributed by atoms with Gasteiger partial charge in [0.1, 0.15) is 0 Å². The molecule has 0 spiro atoms. The Labute approximate surface area is 157 Å². The van der Waals surface area contributed by atoms with Gasteiger partial charge in [-0.05, 0) is 63.4 Å². The van der Waals surface area contributed by atoms with Crippen molar-refractivity contribution >= 4 is 10.9 Å². The second kappa shape index (κ2) is 8.12. The summed E-state index contributed by atoms with van der Waals surface area (Å²) in [7, 11) is 0. The first-order valence-corrected chi connectivity index (χ1v) is 10.4. The SMILES string of the molecule is CC(C)N1CCCN(Cc2c[nH]c3cc(C4CCCC[N]4)ccc23)CC1. The van der Waals surface area contributed by atoms with Gasteiger partial charge in [0, 0.05) is 55.4 Å². The number of hydrogen-bond acceptors (Lipinski definition) is 2. The maximum absolute atomic E-state index is 4.81. The Bertz CT molecular complexity index is 714. The van der Waals surface area contributed by atoms with Crippen LogP contribution in [0.3, 0.4) is 0 Å². The quantitative estimate of drug-likeness (QED) is 0.904. The van der Waals surface area contributed by atoms with Crippen molar-refractivity contribution in [2.45, 2.75) is 58.2 Å². The number of fused-ring (bicyclic) bond motifs is 1. The molecule has 1 aromatic heterocycles. The number of nitrogens with zero attached hydrogens (tertiary/aromatic N) is 3. The first-order chi connectivity index (χ1) is 12.7. The summed E-state index contributed by atoms with van der Waals surface area (Å²) in [5.74, 6) is 0. The molecule has 0 bridgehead atoms. The summed E-state index contributed by atoms with van der Waals surface area (Å²) in [5.41, 5.74) is 4.09. The fourth-order valence-corrected chi connectivity index (χ4v) is 4.51. The molecule has 3 heterocycles. The van der Waals surface area contributed by atoms with Gasteiger partial charge in [-0.25, -0.2) is 5.32 Å². The van der Waals surface area contributed by atoms with Crippen molar-refractivity contribution in [2.24, 2.45) is 0 Å². The van der Waals surface area contributed by atoms with Gasteiger partial charge >= 0.3 is 0 Å². The Kier molecular flexibility index (Phi) is 5.63. The van der Waals surface area contributed by atoms with Crippen molar-refractivity contribution in [3.8, 4) is 0 Å². The highest BCUT2D eigenvalue weighted by molar-refractivity contribution is 5.83. The van der Waals surface area contributed by atoms with Gasteiger partial charge in [0.05, 0.1) is 0 Å². The van der Waals surface area contributed by atoms with Crippen LogP contribution >= 0.6 is 0 Å². The van der Waals surface area contributed by atoms with E-state index in [-0.39, 0.29) is 0 Å². The molecular formula is C22H33N4. The molecule has 0 aliphatic carbocycles. The van der Waals surface area contributed by atoms with Gasteiger partial charge in [-0.3, -0.25) is 9.80 Å². The van der Waals surface area contributed by atoms with Gasteiger partial charge in [0.2, 0.25) is 0 Å². The minimum Gasteiger partial charge on any atom is -0.361 e. The Balaban J connectivity index is 1.45. The summed E-state index contributed by atoms with van der Waals surface area (Å²) >= 11 is 0. The number of aromatic amines is 1. The van der Waals surface area contributed by atoms with Gasteiger partial charge in [-0.15, -0.1) is 0 Å². The molecule has 1 unspecified atom stereocenters. The topological polar surface area (TPSA) is 36.4 Å². The van der Waals surface area contributed by atoms with E-state index in [1.165, 1.54) is 73.9 Å². The van der Waals surface area contributed by atoms with Crippen LogP contribution < -0.4 is 5.32 Å². The zero-order valence-electron chi connectivity index (χ0n) is 16.4. The maximum Gasteiger partial charge on any atom is 0.0496 e. The van der Waals surface area contributed by atoms with Crippen LogP contribution in [-0.4, -0.2) is 53.5 Å². The Morgan fingerprint density at radius 1 is 1.12 bits per heavy atom. The molecule has 2 fully saturated rings. The third-order valence-corrected chi connectivity index (χ3v) is 6.16. The van der Waals surface area contributed by atoms with Crippen molar-refractivity contribution in [2.75, 3.05) is 32.7 Å². The number of rotatable bonds is 4. The molecule has 26 heavy (non-hydrogen) atoms. The largest absolute Gasteiger partial charge is 0.361 e. The lowest BCUT2D eigenvalue weighted by molar-refractivity contribution is 0.218. The summed E-state index contributed by atoms with van der Waals surface area (Å²) in [6.07, 6.45) is 7.27. The zero-order valence-corrected chi connectivity index (χ0v) is 16.4. The highest BCUT2D eigenvalue weighted by Crippen LogP contribution is 2.28. The van der Waals surface area contributed by atoms with Gasteiger partial charge < -0.3 is 4.98 Å². The van der Waals surface area contributed by atoms with E-state index in [9.17, 15) is 0 Å². The molecule has 1 radical (unpaired) electrons. The first kappa shape index (κ1) is 18.0. The third-order valence-electron chi connectivity index (χ3n) is 6.16. The van der Waals surface area contributed by atoms with E-state index < -0.39 is 0 Å². The fourth-order valence-electron chi connectivity index (χ4n) is 4.51. The third kappa shape index (κ3) is 3.98. The number of hydrogen-bond donors (Lipinski definition) is 1. The molecule has 2 aliphatic heterocycles. The molecule has 141 valence electrons. The molecule has 2 saturated heterocycles. The first-order valence-electron chi connectivity index (χ1n) is 10.4. The average Bonchev–Trinajstić information content (AvgIpc) is 2.90. The number of piperidine rings is 1. The van der Waals surface area contributed by atoms with Crippen molar-refractivity contribution in [1.29, 1.82) is 0 Å². The predicted molar refractivity (Wildman–Crippen MR) is 108 cm³/mol. The van der Waals surface area contributed by atoms with E-state index >= 15 is 0 Å². The molecule has 0 saturated carbocycles. The van der Waals surface area contributed by atoms with Crippen LogP contribution in [0.5, 0.6) is 0 Å². The van der Waals surface area contributed by atoms with Crippen LogP contribution in [0.15, 0.2) is 24.4 Å². The predicted octanol–water partition coefficient (Wildman–Crippen LogP) is 3.91. The van der Waals surface area contributed by atoms with Crippen LogP contribution in [0.25, 0.3) is 10.9 Å². The van der Waals surface area contributed by atoms with Gasteiger partial charge in [-0.1, -0.05) is 18.6 Å². The number of aromatic nitrogens is 1. The van der Waals surface area contributed by atoms with Crippen molar-refractivity contribution in [1.82, 2.24) is 20.1 Å². The van der Waals surface area contributed by atoms with E-state index in [0.717, 1.165) is 13.1 Å². The highest BCUT2D eigenvalue weighted by Gasteiger charge is 2.19. The van der Waals surface area contributed by atoms with E-state index in [1.54, 1.807) is 0 Å². The molecule has 4 heteroatoms. The van der Waals surface area contributed by atoms with E-state index in [4.69, 9.17) is 5.32 Å². The second-order valence-electron chi connectivity index (χ2n) is 8.30. The van der Waals surface area contributed by atoms with E-state index in [1.807, 2.05) is 0 Å². The monoisotopic (exact) mass is 353 g/mol. The van der Waals surface area contributed by atoms with Crippen molar-refractivity contribution < 1.29 is 0 Å². The average molecular weight is 354 g/mol. The molecule has 0 amide bonds. The highest BCUT2D eigenvalue weighted by atomic mass is 15.2. The van der Waals surface area contributed by atoms with Crippen LogP contribution in [0.4, 0.5) is 0 Å². The molecule has 1 atom stereocenters. The summed E-state index contributed by atoms with van der Waals surface area (Å²) in [5, 5.41) is 6.20. The summed E-state index contributed by atoms with van der Waals surface area (Å²) in [4.78, 5) is 8.75. The summed E-state index contributed by atoms with van der Waals surface area (Å²) in [6, 6.07) is 8.03. The van der Waals surface area contributed by atoms with Gasteiger partial charge in [-0.2, -0.15) is 0 Å². The Morgan fingerprint density at radius 2 is 2.04 bits per heavy atom. The van der Waals surface area contributed by atoms with E-state index in [0.29, 0.717) is 12.1 Å². The molecular weight excluding hydrogens is 320 g/mol. The van der Waals surface area contributed by atoms with E-state index in [2.05, 4.69) is 53.0 Å². The minimum atomic E-state index is 0.410. The summed E-state index contributed by atoms with van der Waals surface area (Å²) < 4.78 is 0. The van der Waals surface area contributed by atoms with Crippen molar-refractivity contribution in [3.63, 3.8) is 0 Å². The second-order valence-corrected chi connectivity index (χ2v) is 8.30. The molecule has 4 nitrogen and oxygen atoms in total. The van der Waals surface area contributed by atoms with Gasteiger partial charge in [0.25, 0.3) is 0 Å². The molecule has 2 aromatic rings. The molecule has 2 aliphatic rings. The molecule has 4 rings (SSSR count). The summed E-state index contributed by atoms with van der Waals surface area (Å²) in [6.45, 7) is 11.5. The lowest BCUT2D eigenvalue weighted by Crippen LogP contribution is -2.34. The Hall–Kier alpha value is -1.36. The van der Waals surface area contributed by atoms with Crippen LogP contribution in [0.1, 0.15) is 56.7 Å². The standard InChI is InChI=1S/C22H33N4/c1-17(2)26-11-5-10-25(12-13-26)16-19-15-24-22-14-18(7-8-20(19)22)21-6-3-4-9-23-21/h7-8,14-15,17,21,24H,3-6,9-13,16H2,1-2H3. The maximum atomic E-state index is 4.81. The molecule has 1 aromatic carbocycles. The van der Waals surface area contributed by atoms with Crippen LogP contribution in [0.2, 0.25) is 0 Å². The zero-order chi connectivity index (χ0) is 17.9. The smallest absolute Gasteiger partial charge is 0.0496 e. The minimum absolute atomic E-state index is 0.410. The van der Waals surface area contributed by atoms with Crippen LogP contribution in [0, 0.1) is 0 Å². The van der Waals surface area contributed by atoms with Gasteiger partial charge in [0.15, 0.2) is 0 Å². The fraction of sp³-hybridized carbons (Fsp3) is 0.636. The normalized spacial score (nSPS) is 23.6. The number of H-pyrrole nitrogens is 1. The lowest BCUT2D eigenvalue weighted by atomic mass is 9.96.